The van der Waals surface area contributed by atoms with Gasteiger partial charge in [-0.05, 0) is 0 Å². The average Bonchev–Trinajstić information content (AvgIpc) is 3.02. The Labute approximate surface area is 90.2 Å². The third-order valence-corrected chi connectivity index (χ3v) is 3.00. The van der Waals surface area contributed by atoms with Gasteiger partial charge in [-0.25, -0.2) is 0 Å². The van der Waals surface area contributed by atoms with Gasteiger partial charge < -0.3 is 9.80 Å². The minimum Gasteiger partial charge on any atom is -0.349 e. The van der Waals surface area contributed by atoms with Gasteiger partial charge in [0, 0.05) is 12.4 Å². The van der Waals surface area contributed by atoms with Gasteiger partial charge in [-0.1, -0.05) is 48.6 Å². The van der Waals surface area contributed by atoms with E-state index >= 15 is 0 Å². The largest absolute Gasteiger partial charge is 0.349 e. The molecule has 2 heteroatoms. The van der Waals surface area contributed by atoms with Gasteiger partial charge in [0.15, 0.2) is 0 Å². The molecule has 0 aromatic carbocycles. The molecular formula is C13H14N2. The molecule has 3 rings (SSSR count). The van der Waals surface area contributed by atoms with E-state index in [1.807, 2.05) is 0 Å². The zero-order chi connectivity index (χ0) is 10.1. The molecule has 0 N–H and O–H groups in total. The van der Waals surface area contributed by atoms with Crippen molar-refractivity contribution in [2.45, 2.75) is 12.1 Å². The summed E-state index contributed by atoms with van der Waals surface area (Å²) in [5.74, 6) is 0. The van der Waals surface area contributed by atoms with Crippen LogP contribution in [0.25, 0.3) is 0 Å². The smallest absolute Gasteiger partial charge is 0.0910 e. The van der Waals surface area contributed by atoms with Crippen molar-refractivity contribution in [3.63, 3.8) is 0 Å². The minimum absolute atomic E-state index is 0.445. The molecule has 0 radical (unpaired) electrons. The van der Waals surface area contributed by atoms with Crippen molar-refractivity contribution >= 4 is 0 Å². The molecule has 0 aromatic heterocycles. The Kier molecular flexibility index (Phi) is 1.98. The van der Waals surface area contributed by atoms with Crippen LogP contribution in [0.1, 0.15) is 0 Å². The molecule has 3 aliphatic rings. The number of hydrogen-bond donors (Lipinski definition) is 0. The monoisotopic (exact) mass is 198 g/mol. The topological polar surface area (TPSA) is 6.48 Å². The van der Waals surface area contributed by atoms with E-state index in [0.29, 0.717) is 12.1 Å². The van der Waals surface area contributed by atoms with E-state index in [1.54, 1.807) is 0 Å². The molecule has 0 spiro atoms. The molecule has 2 nitrogen and oxygen atoms in total. The average molecular weight is 198 g/mol. The lowest BCUT2D eigenvalue weighted by molar-refractivity contribution is 0.249. The molecule has 2 aliphatic carbocycles. The number of hydrogen-bond acceptors (Lipinski definition) is 2. The molecule has 0 bridgehead atoms. The maximum Gasteiger partial charge on any atom is 0.0910 e. The van der Waals surface area contributed by atoms with Crippen molar-refractivity contribution in [1.29, 1.82) is 0 Å². The lowest BCUT2D eigenvalue weighted by Crippen LogP contribution is -2.34. The third kappa shape index (κ3) is 1.52. The first-order valence-electron chi connectivity index (χ1n) is 5.33. The Morgan fingerprint density at radius 3 is 1.47 bits per heavy atom. The Morgan fingerprint density at radius 1 is 0.667 bits per heavy atom. The molecule has 76 valence electrons. The number of allylic oxidation sites excluding steroid dienone is 4. The van der Waals surface area contributed by atoms with E-state index in [2.05, 4.69) is 70.8 Å². The van der Waals surface area contributed by atoms with Gasteiger partial charge >= 0.3 is 0 Å². The summed E-state index contributed by atoms with van der Waals surface area (Å²) in [6.45, 7) is 0.971. The van der Waals surface area contributed by atoms with Crippen molar-refractivity contribution in [2.75, 3.05) is 6.67 Å². The standard InChI is InChI=1S/C13H14N2/c1-2-6-12(5-1)14-9-10-15(11-14)13-7-3-4-8-13/h1-10,12-13H,11H2. The van der Waals surface area contributed by atoms with Crippen molar-refractivity contribution < 1.29 is 0 Å². The molecule has 1 aliphatic heterocycles. The van der Waals surface area contributed by atoms with Crippen LogP contribution >= 0.6 is 0 Å². The van der Waals surface area contributed by atoms with Crippen molar-refractivity contribution in [2.24, 2.45) is 0 Å². The number of nitrogens with zero attached hydrogens (tertiary/aromatic N) is 2. The van der Waals surface area contributed by atoms with Crippen LogP contribution in [0, 0.1) is 0 Å². The van der Waals surface area contributed by atoms with Gasteiger partial charge in [-0.2, -0.15) is 0 Å². The van der Waals surface area contributed by atoms with E-state index in [4.69, 9.17) is 0 Å². The van der Waals surface area contributed by atoms with Gasteiger partial charge in [0.2, 0.25) is 0 Å². The van der Waals surface area contributed by atoms with E-state index in [0.717, 1.165) is 6.67 Å². The summed E-state index contributed by atoms with van der Waals surface area (Å²) < 4.78 is 0. The van der Waals surface area contributed by atoms with Crippen LogP contribution in [-0.4, -0.2) is 28.6 Å². The lowest BCUT2D eigenvalue weighted by atomic mass is 10.3. The zero-order valence-electron chi connectivity index (χ0n) is 8.53. The fourth-order valence-electron chi connectivity index (χ4n) is 2.12. The lowest BCUT2D eigenvalue weighted by Gasteiger charge is -2.27. The molecule has 0 unspecified atom stereocenters. The van der Waals surface area contributed by atoms with Crippen LogP contribution in [-0.2, 0) is 0 Å². The molecule has 0 atom stereocenters. The molecule has 0 aromatic rings. The maximum absolute atomic E-state index is 2.33. The second-order valence-corrected chi connectivity index (χ2v) is 3.99. The fraction of sp³-hybridized carbons (Fsp3) is 0.231. The summed E-state index contributed by atoms with van der Waals surface area (Å²) in [6, 6.07) is 0.890. The van der Waals surface area contributed by atoms with Gasteiger partial charge in [-0.15, -0.1) is 0 Å². The first kappa shape index (κ1) is 8.60. The summed E-state index contributed by atoms with van der Waals surface area (Å²) in [7, 11) is 0. The first-order valence-corrected chi connectivity index (χ1v) is 5.33. The predicted octanol–water partition coefficient (Wildman–Crippen LogP) is 2.02. The van der Waals surface area contributed by atoms with Gasteiger partial charge in [-0.3, -0.25) is 0 Å². The van der Waals surface area contributed by atoms with Crippen molar-refractivity contribution in [3.05, 3.63) is 61.0 Å². The van der Waals surface area contributed by atoms with Crippen LogP contribution in [0.5, 0.6) is 0 Å². The third-order valence-electron chi connectivity index (χ3n) is 3.00. The fourth-order valence-corrected chi connectivity index (χ4v) is 2.12. The first-order chi connectivity index (χ1) is 7.43. The SMILES string of the molecule is C1=CC(N2C=CN(C3C=CC=C3)C2)C=C1. The van der Waals surface area contributed by atoms with E-state index in [-0.39, 0.29) is 0 Å². The summed E-state index contributed by atoms with van der Waals surface area (Å²) in [6.07, 6.45) is 21.6. The summed E-state index contributed by atoms with van der Waals surface area (Å²) >= 11 is 0. The molecule has 0 saturated heterocycles. The van der Waals surface area contributed by atoms with Crippen LogP contribution in [0.15, 0.2) is 61.0 Å². The van der Waals surface area contributed by atoms with Crippen LogP contribution in [0.2, 0.25) is 0 Å². The molecule has 0 amide bonds. The summed E-state index contributed by atoms with van der Waals surface area (Å²) in [4.78, 5) is 4.67. The predicted molar refractivity (Wildman–Crippen MR) is 61.8 cm³/mol. The van der Waals surface area contributed by atoms with Gasteiger partial charge in [0.05, 0.1) is 18.8 Å². The highest BCUT2D eigenvalue weighted by molar-refractivity contribution is 5.26. The summed E-state index contributed by atoms with van der Waals surface area (Å²) in [5, 5.41) is 0. The molecular weight excluding hydrogens is 184 g/mol. The molecule has 1 heterocycles. The van der Waals surface area contributed by atoms with E-state index in [9.17, 15) is 0 Å². The molecule has 0 saturated carbocycles. The van der Waals surface area contributed by atoms with Crippen molar-refractivity contribution in [1.82, 2.24) is 9.80 Å². The normalized spacial score (nSPS) is 24.3. The highest BCUT2D eigenvalue weighted by Crippen LogP contribution is 2.20. The Morgan fingerprint density at radius 2 is 1.07 bits per heavy atom. The highest BCUT2D eigenvalue weighted by atomic mass is 15.4. The van der Waals surface area contributed by atoms with Crippen LogP contribution in [0.3, 0.4) is 0 Å². The Bertz CT molecular complexity index is 327. The molecule has 15 heavy (non-hydrogen) atoms. The van der Waals surface area contributed by atoms with Gasteiger partial charge in [0.25, 0.3) is 0 Å². The maximum atomic E-state index is 2.33. The number of rotatable bonds is 2. The van der Waals surface area contributed by atoms with Crippen LogP contribution < -0.4 is 0 Å². The van der Waals surface area contributed by atoms with E-state index < -0.39 is 0 Å². The van der Waals surface area contributed by atoms with E-state index in [1.165, 1.54) is 0 Å². The Balaban J connectivity index is 1.66. The quantitative estimate of drug-likeness (QED) is 0.670. The Hall–Kier alpha value is -1.70. The second-order valence-electron chi connectivity index (χ2n) is 3.99. The van der Waals surface area contributed by atoms with Gasteiger partial charge in [0.1, 0.15) is 0 Å². The van der Waals surface area contributed by atoms with Crippen molar-refractivity contribution in [3.8, 4) is 0 Å². The summed E-state index contributed by atoms with van der Waals surface area (Å²) in [5.41, 5.74) is 0. The van der Waals surface area contributed by atoms with Crippen LogP contribution in [0.4, 0.5) is 0 Å². The highest BCUT2D eigenvalue weighted by Gasteiger charge is 2.22. The second kappa shape index (κ2) is 3.46. The minimum atomic E-state index is 0.445. The molecule has 0 fully saturated rings. The zero-order valence-corrected chi connectivity index (χ0v) is 8.53.